The molecule has 1 aromatic heterocycles. The minimum Gasteiger partial charge on any atom is -0.322 e. The Hall–Kier alpha value is -3.93. The first-order valence-corrected chi connectivity index (χ1v) is 14.1. The smallest absolute Gasteiger partial charge is 0.263 e. The molecular formula is C25H21ClN4O5S2. The number of nitrogens with zero attached hydrogens (tertiary/aromatic N) is 1. The van der Waals surface area contributed by atoms with Gasteiger partial charge in [-0.25, -0.2) is 21.8 Å². The number of pyridine rings is 1. The van der Waals surface area contributed by atoms with E-state index in [0.717, 1.165) is 5.56 Å². The number of halogens is 1. The fourth-order valence-electron chi connectivity index (χ4n) is 3.22. The first kappa shape index (κ1) is 26.1. The maximum Gasteiger partial charge on any atom is 0.263 e. The largest absolute Gasteiger partial charge is 0.322 e. The van der Waals surface area contributed by atoms with E-state index in [9.17, 15) is 21.6 Å². The zero-order chi connectivity index (χ0) is 26.6. The van der Waals surface area contributed by atoms with Gasteiger partial charge in [-0.2, -0.15) is 0 Å². The average Bonchev–Trinajstić information content (AvgIpc) is 2.86. The lowest BCUT2D eigenvalue weighted by molar-refractivity contribution is 0.102. The van der Waals surface area contributed by atoms with Crippen LogP contribution in [0.2, 0.25) is 5.02 Å². The van der Waals surface area contributed by atoms with E-state index in [-0.39, 0.29) is 26.2 Å². The molecule has 0 fully saturated rings. The molecule has 1 heterocycles. The topological polar surface area (TPSA) is 134 Å². The minimum absolute atomic E-state index is 0.0294. The van der Waals surface area contributed by atoms with Crippen molar-refractivity contribution >= 4 is 54.7 Å². The number of carbonyl (C=O) groups excluding carboxylic acids is 1. The van der Waals surface area contributed by atoms with Crippen LogP contribution in [-0.4, -0.2) is 27.7 Å². The number of benzene rings is 3. The monoisotopic (exact) mass is 556 g/mol. The Morgan fingerprint density at radius 2 is 1.46 bits per heavy atom. The third-order valence-electron chi connectivity index (χ3n) is 5.11. The molecule has 0 aliphatic heterocycles. The molecule has 0 aliphatic rings. The second-order valence-corrected chi connectivity index (χ2v) is 11.7. The zero-order valence-electron chi connectivity index (χ0n) is 19.3. The summed E-state index contributed by atoms with van der Waals surface area (Å²) in [6, 6.07) is 20.9. The molecule has 0 aliphatic carbocycles. The first-order valence-electron chi connectivity index (χ1n) is 10.8. The van der Waals surface area contributed by atoms with Gasteiger partial charge < -0.3 is 5.32 Å². The Balaban J connectivity index is 1.49. The summed E-state index contributed by atoms with van der Waals surface area (Å²) >= 11 is 6.14. The van der Waals surface area contributed by atoms with Crippen molar-refractivity contribution < 1.29 is 21.6 Å². The maximum absolute atomic E-state index is 12.9. The van der Waals surface area contributed by atoms with Crippen molar-refractivity contribution in [1.82, 2.24) is 4.98 Å². The Labute approximate surface area is 219 Å². The highest BCUT2D eigenvalue weighted by molar-refractivity contribution is 7.93. The van der Waals surface area contributed by atoms with E-state index in [1.54, 1.807) is 36.4 Å². The molecule has 0 bridgehead atoms. The fourth-order valence-corrected chi connectivity index (χ4v) is 5.82. The van der Waals surface area contributed by atoms with Crippen LogP contribution in [0.4, 0.5) is 17.2 Å². The van der Waals surface area contributed by atoms with Crippen LogP contribution in [0, 0.1) is 6.92 Å². The predicted octanol–water partition coefficient (Wildman–Crippen LogP) is 4.90. The van der Waals surface area contributed by atoms with Crippen molar-refractivity contribution in [3.05, 3.63) is 107 Å². The third kappa shape index (κ3) is 6.45. The summed E-state index contributed by atoms with van der Waals surface area (Å²) in [4.78, 5) is 16.5. The second kappa shape index (κ2) is 10.6. The highest BCUT2D eigenvalue weighted by Gasteiger charge is 2.21. The molecule has 0 spiro atoms. The third-order valence-corrected chi connectivity index (χ3v) is 8.35. The molecule has 4 rings (SSSR count). The summed E-state index contributed by atoms with van der Waals surface area (Å²) in [5.41, 5.74) is 1.67. The van der Waals surface area contributed by atoms with Crippen LogP contribution in [0.25, 0.3) is 0 Å². The van der Waals surface area contributed by atoms with Crippen LogP contribution in [0.15, 0.2) is 101 Å². The van der Waals surface area contributed by atoms with E-state index in [2.05, 4.69) is 19.7 Å². The number of carbonyl (C=O) groups is 1. The number of anilines is 3. The van der Waals surface area contributed by atoms with Gasteiger partial charge in [-0.15, -0.1) is 0 Å². The van der Waals surface area contributed by atoms with Crippen LogP contribution in [0.1, 0.15) is 15.9 Å². The van der Waals surface area contributed by atoms with Gasteiger partial charge in [0.2, 0.25) is 0 Å². The number of hydrogen-bond acceptors (Lipinski definition) is 6. The summed E-state index contributed by atoms with van der Waals surface area (Å²) in [7, 11) is -7.95. The molecule has 0 saturated carbocycles. The lowest BCUT2D eigenvalue weighted by atomic mass is 10.2. The molecule has 4 aromatic rings. The summed E-state index contributed by atoms with van der Waals surface area (Å²) in [5.74, 6) is -0.434. The van der Waals surface area contributed by atoms with Gasteiger partial charge in [-0.1, -0.05) is 35.4 Å². The van der Waals surface area contributed by atoms with Crippen molar-refractivity contribution in [3.63, 3.8) is 0 Å². The Bertz CT molecular complexity index is 1640. The van der Waals surface area contributed by atoms with Gasteiger partial charge in [-0.3, -0.25) is 14.2 Å². The first-order chi connectivity index (χ1) is 17.5. The second-order valence-electron chi connectivity index (χ2n) is 7.92. The van der Waals surface area contributed by atoms with E-state index >= 15 is 0 Å². The normalized spacial score (nSPS) is 11.5. The van der Waals surface area contributed by atoms with Crippen molar-refractivity contribution in [2.75, 3.05) is 14.8 Å². The number of aryl methyl sites for hydroxylation is 1. The summed E-state index contributed by atoms with van der Waals surface area (Å²) in [6.07, 6.45) is 1.46. The number of hydrogen-bond donors (Lipinski definition) is 3. The Kier molecular flexibility index (Phi) is 7.48. The Morgan fingerprint density at radius 1 is 0.784 bits per heavy atom. The van der Waals surface area contributed by atoms with Gasteiger partial charge in [0.05, 0.1) is 9.92 Å². The molecule has 37 heavy (non-hydrogen) atoms. The van der Waals surface area contributed by atoms with Crippen LogP contribution >= 0.6 is 11.6 Å². The number of nitrogens with one attached hydrogen (secondary N) is 3. The number of amides is 1. The molecule has 12 heteroatoms. The molecule has 0 radical (unpaired) electrons. The molecule has 3 aromatic carbocycles. The van der Waals surface area contributed by atoms with Crippen molar-refractivity contribution in [2.45, 2.75) is 16.7 Å². The lowest BCUT2D eigenvalue weighted by Crippen LogP contribution is -2.17. The number of aromatic nitrogens is 1. The lowest BCUT2D eigenvalue weighted by Gasteiger charge is -2.12. The summed E-state index contributed by atoms with van der Waals surface area (Å²) in [6.45, 7) is 1.88. The molecule has 0 atom stereocenters. The maximum atomic E-state index is 12.9. The van der Waals surface area contributed by atoms with Crippen LogP contribution < -0.4 is 14.8 Å². The molecule has 190 valence electrons. The predicted molar refractivity (Wildman–Crippen MR) is 143 cm³/mol. The SMILES string of the molecule is Cc1ccc(NS(=O)(=O)c2cc(C(=O)Nc3ccc(S(=O)(=O)Nc4ccccn4)cc3)ccc2Cl)cc1. The van der Waals surface area contributed by atoms with Gasteiger partial charge in [-0.05, 0) is 73.7 Å². The van der Waals surface area contributed by atoms with Gasteiger partial charge in [0.1, 0.15) is 10.7 Å². The van der Waals surface area contributed by atoms with Crippen molar-refractivity contribution in [1.29, 1.82) is 0 Å². The standard InChI is InChI=1S/C25H21ClN4O5S2/c1-17-5-8-20(9-6-17)29-37(34,35)23-16-18(7-14-22(23)26)25(31)28-19-10-12-21(13-11-19)36(32,33)30-24-4-2-3-15-27-24/h2-16,29H,1H3,(H,27,30)(H,28,31). The van der Waals surface area contributed by atoms with E-state index < -0.39 is 26.0 Å². The molecule has 1 amide bonds. The van der Waals surface area contributed by atoms with Gasteiger partial charge in [0, 0.05) is 23.1 Å². The molecule has 3 N–H and O–H groups in total. The van der Waals surface area contributed by atoms with Gasteiger partial charge >= 0.3 is 0 Å². The number of rotatable bonds is 8. The summed E-state index contributed by atoms with van der Waals surface area (Å²) < 4.78 is 55.7. The molecular weight excluding hydrogens is 536 g/mol. The van der Waals surface area contributed by atoms with E-state index in [1.165, 1.54) is 54.7 Å². The molecule has 0 unspecified atom stereocenters. The Morgan fingerprint density at radius 3 is 2.11 bits per heavy atom. The summed E-state index contributed by atoms with van der Waals surface area (Å²) in [5, 5.41) is 2.57. The van der Waals surface area contributed by atoms with Crippen molar-refractivity contribution in [2.24, 2.45) is 0 Å². The van der Waals surface area contributed by atoms with E-state index in [4.69, 9.17) is 11.6 Å². The average molecular weight is 557 g/mol. The zero-order valence-corrected chi connectivity index (χ0v) is 21.7. The minimum atomic E-state index is -4.07. The number of sulfonamides is 2. The van der Waals surface area contributed by atoms with Crippen LogP contribution in [0.5, 0.6) is 0 Å². The highest BCUT2D eigenvalue weighted by atomic mass is 35.5. The van der Waals surface area contributed by atoms with Crippen LogP contribution in [-0.2, 0) is 20.0 Å². The quantitative estimate of drug-likeness (QED) is 0.283. The fraction of sp³-hybridized carbons (Fsp3) is 0.0400. The van der Waals surface area contributed by atoms with Gasteiger partial charge in [0.25, 0.3) is 26.0 Å². The van der Waals surface area contributed by atoms with Gasteiger partial charge in [0.15, 0.2) is 0 Å². The van der Waals surface area contributed by atoms with E-state index in [1.807, 2.05) is 6.92 Å². The van der Waals surface area contributed by atoms with E-state index in [0.29, 0.717) is 11.4 Å². The highest BCUT2D eigenvalue weighted by Crippen LogP contribution is 2.26. The van der Waals surface area contributed by atoms with Crippen molar-refractivity contribution in [3.8, 4) is 0 Å². The molecule has 0 saturated heterocycles. The van der Waals surface area contributed by atoms with Crippen LogP contribution in [0.3, 0.4) is 0 Å². The molecule has 9 nitrogen and oxygen atoms in total.